The number of aliphatic hydroxyl groups excluding tert-OH is 1. The average Bonchev–Trinajstić information content (AvgIpc) is 2.91. The molecule has 0 bridgehead atoms. The number of hydrogen-bond acceptors (Lipinski definition) is 5. The zero-order valence-electron chi connectivity index (χ0n) is 10.6. The van der Waals surface area contributed by atoms with Gasteiger partial charge in [0.1, 0.15) is 6.04 Å². The van der Waals surface area contributed by atoms with E-state index in [2.05, 4.69) is 5.10 Å². The molecule has 0 radical (unpaired) electrons. The number of amides is 1. The number of aryl methyl sites for hydroxylation is 1. The fourth-order valence-corrected chi connectivity index (χ4v) is 2.17. The van der Waals surface area contributed by atoms with Crippen LogP contribution in [0.3, 0.4) is 0 Å². The number of ether oxygens (including phenoxy) is 1. The number of aliphatic hydroxyl groups is 1. The van der Waals surface area contributed by atoms with Crippen LogP contribution in [0.5, 0.6) is 5.88 Å². The number of carboxylic acids is 1. The van der Waals surface area contributed by atoms with Crippen molar-refractivity contribution in [3.8, 4) is 5.88 Å². The van der Waals surface area contributed by atoms with Gasteiger partial charge in [-0.1, -0.05) is 0 Å². The summed E-state index contributed by atoms with van der Waals surface area (Å²) >= 11 is 0. The molecule has 2 atom stereocenters. The zero-order chi connectivity index (χ0) is 14.2. The number of nitrogens with zero attached hydrogens (tertiary/aromatic N) is 3. The van der Waals surface area contributed by atoms with Crippen molar-refractivity contribution < 1.29 is 24.5 Å². The predicted molar refractivity (Wildman–Crippen MR) is 62.8 cm³/mol. The number of carbonyl (C=O) groups is 2. The number of likely N-dealkylation sites (tertiary alicyclic amines) is 1. The molecule has 0 aromatic carbocycles. The van der Waals surface area contributed by atoms with E-state index in [0.29, 0.717) is 5.88 Å². The van der Waals surface area contributed by atoms with Gasteiger partial charge in [-0.05, 0) is 0 Å². The quantitative estimate of drug-likeness (QED) is 0.736. The molecule has 1 aliphatic rings. The Hall–Kier alpha value is -2.09. The second kappa shape index (κ2) is 4.88. The van der Waals surface area contributed by atoms with Crippen molar-refractivity contribution in [3.05, 3.63) is 11.8 Å². The molecular formula is C11H15N3O5. The number of aromatic nitrogens is 2. The van der Waals surface area contributed by atoms with Gasteiger partial charge in [0, 0.05) is 26.1 Å². The highest BCUT2D eigenvalue weighted by molar-refractivity contribution is 5.95. The molecule has 104 valence electrons. The minimum absolute atomic E-state index is 0.00527. The molecule has 2 N–H and O–H groups in total. The molecule has 0 aliphatic carbocycles. The Morgan fingerprint density at radius 2 is 2.21 bits per heavy atom. The summed E-state index contributed by atoms with van der Waals surface area (Å²) in [4.78, 5) is 24.4. The largest absolute Gasteiger partial charge is 0.481 e. The third-order valence-corrected chi connectivity index (χ3v) is 3.09. The van der Waals surface area contributed by atoms with E-state index in [0.717, 1.165) is 4.90 Å². The van der Waals surface area contributed by atoms with Gasteiger partial charge >= 0.3 is 5.97 Å². The molecule has 0 spiro atoms. The summed E-state index contributed by atoms with van der Waals surface area (Å²) in [5.41, 5.74) is 0.0969. The average molecular weight is 269 g/mol. The maximum absolute atomic E-state index is 12.2. The van der Waals surface area contributed by atoms with Crippen molar-refractivity contribution in [2.75, 3.05) is 13.7 Å². The van der Waals surface area contributed by atoms with E-state index < -0.39 is 24.0 Å². The summed E-state index contributed by atoms with van der Waals surface area (Å²) in [5, 5.41) is 22.5. The maximum atomic E-state index is 12.2. The number of methoxy groups -OCH3 is 1. The number of aliphatic carboxylic acids is 1. The zero-order valence-corrected chi connectivity index (χ0v) is 10.6. The maximum Gasteiger partial charge on any atom is 0.326 e. The van der Waals surface area contributed by atoms with Gasteiger partial charge in [-0.25, -0.2) is 9.48 Å². The van der Waals surface area contributed by atoms with Crippen molar-refractivity contribution in [2.45, 2.75) is 18.6 Å². The van der Waals surface area contributed by atoms with Gasteiger partial charge in [0.2, 0.25) is 5.88 Å². The molecule has 0 unspecified atom stereocenters. The molecule has 1 aromatic rings. The van der Waals surface area contributed by atoms with Crippen LogP contribution in [0.15, 0.2) is 6.07 Å². The smallest absolute Gasteiger partial charge is 0.326 e. The van der Waals surface area contributed by atoms with Crippen molar-refractivity contribution >= 4 is 11.9 Å². The van der Waals surface area contributed by atoms with Crippen molar-refractivity contribution in [2.24, 2.45) is 7.05 Å². The lowest BCUT2D eigenvalue weighted by atomic mass is 10.2. The molecule has 8 heteroatoms. The molecule has 0 saturated carbocycles. The summed E-state index contributed by atoms with van der Waals surface area (Å²) in [6.45, 7) is -0.00527. The Morgan fingerprint density at radius 1 is 1.53 bits per heavy atom. The first-order chi connectivity index (χ1) is 8.93. The summed E-state index contributed by atoms with van der Waals surface area (Å²) < 4.78 is 6.38. The first-order valence-electron chi connectivity index (χ1n) is 5.74. The van der Waals surface area contributed by atoms with Crippen LogP contribution in [0.25, 0.3) is 0 Å². The highest BCUT2D eigenvalue weighted by Crippen LogP contribution is 2.22. The molecule has 8 nitrogen and oxygen atoms in total. The lowest BCUT2D eigenvalue weighted by molar-refractivity contribution is -0.141. The van der Waals surface area contributed by atoms with Gasteiger partial charge in [-0.15, -0.1) is 0 Å². The molecule has 1 aliphatic heterocycles. The second-order valence-electron chi connectivity index (χ2n) is 4.40. The lowest BCUT2D eigenvalue weighted by Crippen LogP contribution is -2.40. The summed E-state index contributed by atoms with van der Waals surface area (Å²) in [6, 6.07) is 0.418. The third-order valence-electron chi connectivity index (χ3n) is 3.09. The molecule has 2 rings (SSSR count). The van der Waals surface area contributed by atoms with Crippen LogP contribution in [0.4, 0.5) is 0 Å². The van der Waals surface area contributed by atoms with Gasteiger partial charge < -0.3 is 19.8 Å². The van der Waals surface area contributed by atoms with Crippen LogP contribution in [0, 0.1) is 0 Å². The summed E-state index contributed by atoms with van der Waals surface area (Å²) in [5.74, 6) is -1.26. The Morgan fingerprint density at radius 3 is 2.74 bits per heavy atom. The number of carboxylic acid groups (broad SMARTS) is 1. The van der Waals surface area contributed by atoms with Gasteiger partial charge in [0.05, 0.1) is 13.2 Å². The van der Waals surface area contributed by atoms with Crippen molar-refractivity contribution in [1.29, 1.82) is 0 Å². The van der Waals surface area contributed by atoms with Crippen LogP contribution in [0.2, 0.25) is 0 Å². The Balaban J connectivity index is 2.25. The number of carbonyl (C=O) groups excluding carboxylic acids is 1. The minimum Gasteiger partial charge on any atom is -0.481 e. The van der Waals surface area contributed by atoms with E-state index in [1.165, 1.54) is 17.9 Å². The SMILES string of the molecule is COc1cc(C(=O)N2C[C@H](O)C[C@H]2C(=O)O)nn1C. The monoisotopic (exact) mass is 269 g/mol. The molecule has 1 amide bonds. The van der Waals surface area contributed by atoms with Crippen molar-refractivity contribution in [3.63, 3.8) is 0 Å². The fourth-order valence-electron chi connectivity index (χ4n) is 2.17. The van der Waals surface area contributed by atoms with Crippen LogP contribution < -0.4 is 4.74 Å². The number of β-amino-alcohol motifs (C(OH)–C–C–N with tert-alkyl or cyclic N) is 1. The van der Waals surface area contributed by atoms with E-state index >= 15 is 0 Å². The van der Waals surface area contributed by atoms with Crippen LogP contribution in [-0.4, -0.2) is 62.6 Å². The van der Waals surface area contributed by atoms with E-state index in [1.54, 1.807) is 7.05 Å². The minimum atomic E-state index is -1.13. The molecule has 1 fully saturated rings. The number of rotatable bonds is 3. The Bertz CT molecular complexity index is 512. The lowest BCUT2D eigenvalue weighted by Gasteiger charge is -2.19. The molecule has 1 aromatic heterocycles. The second-order valence-corrected chi connectivity index (χ2v) is 4.40. The standard InChI is InChI=1S/C11H15N3O5/c1-13-9(19-2)4-7(12-13)10(16)14-5-6(15)3-8(14)11(17)18/h4,6,8,15H,3,5H2,1-2H3,(H,17,18)/t6-,8+/m1/s1. The van der Waals surface area contributed by atoms with E-state index in [4.69, 9.17) is 9.84 Å². The molecule has 2 heterocycles. The predicted octanol–water partition coefficient (Wildman–Crippen LogP) is -0.911. The third kappa shape index (κ3) is 2.39. The fraction of sp³-hybridized carbons (Fsp3) is 0.545. The number of hydrogen-bond donors (Lipinski definition) is 2. The Labute approximate surface area is 109 Å². The van der Waals surface area contributed by atoms with Crippen LogP contribution in [0.1, 0.15) is 16.9 Å². The van der Waals surface area contributed by atoms with Gasteiger partial charge in [-0.2, -0.15) is 5.10 Å². The first kappa shape index (κ1) is 13.3. The molecular weight excluding hydrogens is 254 g/mol. The van der Waals surface area contributed by atoms with Gasteiger partial charge in [-0.3, -0.25) is 4.79 Å². The summed E-state index contributed by atoms with van der Waals surface area (Å²) in [6.07, 6.45) is -0.791. The van der Waals surface area contributed by atoms with Gasteiger partial charge in [0.25, 0.3) is 5.91 Å². The van der Waals surface area contributed by atoms with Crippen molar-refractivity contribution in [1.82, 2.24) is 14.7 Å². The highest BCUT2D eigenvalue weighted by atomic mass is 16.5. The molecule has 1 saturated heterocycles. The topological polar surface area (TPSA) is 105 Å². The highest BCUT2D eigenvalue weighted by Gasteiger charge is 2.40. The van der Waals surface area contributed by atoms with E-state index in [9.17, 15) is 14.7 Å². The van der Waals surface area contributed by atoms with E-state index in [-0.39, 0.29) is 18.7 Å². The van der Waals surface area contributed by atoms with Gasteiger partial charge in [0.15, 0.2) is 5.69 Å². The Kier molecular flexibility index (Phi) is 3.43. The van der Waals surface area contributed by atoms with Crippen LogP contribution >= 0.6 is 0 Å². The first-order valence-corrected chi connectivity index (χ1v) is 5.74. The summed E-state index contributed by atoms with van der Waals surface area (Å²) in [7, 11) is 3.06. The normalized spacial score (nSPS) is 22.6. The molecule has 19 heavy (non-hydrogen) atoms. The van der Waals surface area contributed by atoms with E-state index in [1.807, 2.05) is 0 Å². The van der Waals surface area contributed by atoms with Crippen LogP contribution in [-0.2, 0) is 11.8 Å².